The molecule has 0 spiro atoms. The number of nitrogens with zero attached hydrogens (tertiary/aromatic N) is 3. The molecule has 2 heterocycles. The van der Waals surface area contributed by atoms with Gasteiger partial charge in [0.05, 0.1) is 23.8 Å². The molecular formula is C16H23F3N4O. The second-order valence-corrected chi connectivity index (χ2v) is 6.87. The maximum atomic E-state index is 12.7. The number of nitrogens with one attached hydrogen (secondary N) is 1. The van der Waals surface area contributed by atoms with E-state index >= 15 is 0 Å². The number of aryl methyl sites for hydroxylation is 1. The fraction of sp³-hybridized carbons (Fsp3) is 0.750. The average Bonchev–Trinajstić information content (AvgIpc) is 3.11. The molecule has 0 aromatic carbocycles. The van der Waals surface area contributed by atoms with Gasteiger partial charge in [-0.1, -0.05) is 0 Å². The highest BCUT2D eigenvalue weighted by Crippen LogP contribution is 2.39. The summed E-state index contributed by atoms with van der Waals surface area (Å²) >= 11 is 0. The molecule has 2 fully saturated rings. The van der Waals surface area contributed by atoms with E-state index in [2.05, 4.69) is 10.4 Å². The predicted octanol–water partition coefficient (Wildman–Crippen LogP) is 2.48. The maximum Gasteiger partial charge on any atom is 0.391 e. The summed E-state index contributed by atoms with van der Waals surface area (Å²) in [6, 6.07) is -0.245. The molecule has 8 heteroatoms. The van der Waals surface area contributed by atoms with Gasteiger partial charge < -0.3 is 10.2 Å². The third kappa shape index (κ3) is 3.74. The van der Waals surface area contributed by atoms with Gasteiger partial charge in [0.15, 0.2) is 0 Å². The Labute approximate surface area is 139 Å². The van der Waals surface area contributed by atoms with Gasteiger partial charge in [0, 0.05) is 19.8 Å². The number of carbonyl (C=O) groups excluding carboxylic acids is 1. The second kappa shape index (κ2) is 6.74. The monoisotopic (exact) mass is 344 g/mol. The molecule has 1 amide bonds. The lowest BCUT2D eigenvalue weighted by Crippen LogP contribution is -2.41. The fourth-order valence-electron chi connectivity index (χ4n) is 3.68. The third-order valence-corrected chi connectivity index (χ3v) is 5.17. The summed E-state index contributed by atoms with van der Waals surface area (Å²) in [5, 5.41) is 7.34. The SMILES string of the molecule is Cn1cc(N2CCC(NCC3CCC(C(F)(F)F)CC3)C2=O)cn1. The molecule has 1 unspecified atom stereocenters. The summed E-state index contributed by atoms with van der Waals surface area (Å²) in [5.74, 6) is -0.904. The van der Waals surface area contributed by atoms with E-state index in [1.54, 1.807) is 29.0 Å². The first-order chi connectivity index (χ1) is 11.3. The van der Waals surface area contributed by atoms with Crippen LogP contribution in [0.5, 0.6) is 0 Å². The molecule has 1 aromatic rings. The van der Waals surface area contributed by atoms with Gasteiger partial charge in [-0.15, -0.1) is 0 Å². The van der Waals surface area contributed by atoms with Crippen molar-refractivity contribution < 1.29 is 18.0 Å². The zero-order chi connectivity index (χ0) is 17.3. The third-order valence-electron chi connectivity index (χ3n) is 5.17. The number of amides is 1. The smallest absolute Gasteiger partial charge is 0.308 e. The first-order valence-electron chi connectivity index (χ1n) is 8.44. The van der Waals surface area contributed by atoms with Crippen LogP contribution < -0.4 is 10.2 Å². The summed E-state index contributed by atoms with van der Waals surface area (Å²) in [5.41, 5.74) is 0.789. The van der Waals surface area contributed by atoms with E-state index in [-0.39, 0.29) is 30.7 Å². The van der Waals surface area contributed by atoms with Crippen molar-refractivity contribution in [3.63, 3.8) is 0 Å². The maximum absolute atomic E-state index is 12.7. The number of rotatable bonds is 4. The minimum atomic E-state index is -4.07. The van der Waals surface area contributed by atoms with Crippen molar-refractivity contribution in [1.29, 1.82) is 0 Å². The largest absolute Gasteiger partial charge is 0.391 e. The molecule has 134 valence electrons. The molecule has 1 N–H and O–H groups in total. The highest BCUT2D eigenvalue weighted by atomic mass is 19.4. The van der Waals surface area contributed by atoms with Crippen molar-refractivity contribution >= 4 is 11.6 Å². The van der Waals surface area contributed by atoms with Crippen LogP contribution in [0.1, 0.15) is 32.1 Å². The minimum absolute atomic E-state index is 0.0203. The molecular weight excluding hydrogens is 321 g/mol. The second-order valence-electron chi connectivity index (χ2n) is 6.87. The Hall–Kier alpha value is -1.57. The number of carbonyl (C=O) groups is 1. The molecule has 1 aliphatic carbocycles. The summed E-state index contributed by atoms with van der Waals surface area (Å²) in [4.78, 5) is 14.2. The molecule has 3 rings (SSSR count). The van der Waals surface area contributed by atoms with Crippen LogP contribution in [-0.2, 0) is 11.8 Å². The Morgan fingerprint density at radius 2 is 1.96 bits per heavy atom. The Bertz CT molecular complexity index is 578. The van der Waals surface area contributed by atoms with Crippen molar-refractivity contribution in [2.45, 2.75) is 44.3 Å². The number of hydrogen-bond acceptors (Lipinski definition) is 3. The van der Waals surface area contributed by atoms with Crippen LogP contribution in [0.4, 0.5) is 18.9 Å². The van der Waals surface area contributed by atoms with Gasteiger partial charge in [-0.05, 0) is 44.6 Å². The van der Waals surface area contributed by atoms with Crippen LogP contribution in [0.3, 0.4) is 0 Å². The van der Waals surface area contributed by atoms with E-state index < -0.39 is 12.1 Å². The number of alkyl halides is 3. The topological polar surface area (TPSA) is 50.2 Å². The average molecular weight is 344 g/mol. The van der Waals surface area contributed by atoms with Gasteiger partial charge in [-0.2, -0.15) is 18.3 Å². The molecule has 24 heavy (non-hydrogen) atoms. The first-order valence-corrected chi connectivity index (χ1v) is 8.44. The Kier molecular flexibility index (Phi) is 4.85. The predicted molar refractivity (Wildman–Crippen MR) is 83.5 cm³/mol. The highest BCUT2D eigenvalue weighted by molar-refractivity contribution is 5.99. The summed E-state index contributed by atoms with van der Waals surface area (Å²) in [7, 11) is 1.80. The molecule has 0 radical (unpaired) electrons. The zero-order valence-electron chi connectivity index (χ0n) is 13.7. The molecule has 1 aromatic heterocycles. The van der Waals surface area contributed by atoms with Gasteiger partial charge in [0.1, 0.15) is 0 Å². The Balaban J connectivity index is 1.46. The molecule has 0 bridgehead atoms. The van der Waals surface area contributed by atoms with Crippen LogP contribution in [0, 0.1) is 11.8 Å². The molecule has 1 atom stereocenters. The lowest BCUT2D eigenvalue weighted by molar-refractivity contribution is -0.183. The van der Waals surface area contributed by atoms with E-state index in [0.29, 0.717) is 32.4 Å². The Morgan fingerprint density at radius 1 is 1.25 bits per heavy atom. The van der Waals surface area contributed by atoms with Crippen molar-refractivity contribution in [3.05, 3.63) is 12.4 Å². The normalized spacial score (nSPS) is 28.6. The zero-order valence-corrected chi connectivity index (χ0v) is 13.7. The first kappa shape index (κ1) is 17.3. The van der Waals surface area contributed by atoms with E-state index in [0.717, 1.165) is 5.69 Å². The van der Waals surface area contributed by atoms with E-state index in [9.17, 15) is 18.0 Å². The highest BCUT2D eigenvalue weighted by Gasteiger charge is 2.41. The van der Waals surface area contributed by atoms with Crippen molar-refractivity contribution in [2.24, 2.45) is 18.9 Å². The molecule has 2 aliphatic rings. The number of anilines is 1. The van der Waals surface area contributed by atoms with Crippen LogP contribution in [-0.4, -0.2) is 41.0 Å². The summed E-state index contributed by atoms with van der Waals surface area (Å²) < 4.78 is 39.7. The Morgan fingerprint density at radius 3 is 2.54 bits per heavy atom. The summed E-state index contributed by atoms with van der Waals surface area (Å²) in [6.45, 7) is 1.25. The van der Waals surface area contributed by atoms with Crippen molar-refractivity contribution in [2.75, 3.05) is 18.0 Å². The molecule has 1 aliphatic heterocycles. The summed E-state index contributed by atoms with van der Waals surface area (Å²) in [6.07, 6.45) is 1.67. The van der Waals surface area contributed by atoms with E-state index in [4.69, 9.17) is 0 Å². The van der Waals surface area contributed by atoms with Crippen LogP contribution >= 0.6 is 0 Å². The van der Waals surface area contributed by atoms with E-state index in [1.807, 2.05) is 0 Å². The van der Waals surface area contributed by atoms with Gasteiger partial charge in [0.2, 0.25) is 5.91 Å². The van der Waals surface area contributed by atoms with E-state index in [1.165, 1.54) is 0 Å². The lowest BCUT2D eigenvalue weighted by Gasteiger charge is -2.30. The van der Waals surface area contributed by atoms with Gasteiger partial charge >= 0.3 is 6.18 Å². The molecule has 1 saturated carbocycles. The number of hydrogen-bond donors (Lipinski definition) is 1. The molecule has 1 saturated heterocycles. The van der Waals surface area contributed by atoms with Crippen LogP contribution in [0.25, 0.3) is 0 Å². The molecule has 5 nitrogen and oxygen atoms in total. The van der Waals surface area contributed by atoms with Crippen molar-refractivity contribution in [3.8, 4) is 0 Å². The van der Waals surface area contributed by atoms with Crippen molar-refractivity contribution in [1.82, 2.24) is 15.1 Å². The number of aromatic nitrogens is 2. The number of halogens is 3. The standard InChI is InChI=1S/C16H23F3N4O/c1-22-10-13(9-21-22)23-7-6-14(15(23)24)20-8-11-2-4-12(5-3-11)16(17,18)19/h9-12,14,20H,2-8H2,1H3. The van der Waals surface area contributed by atoms with Crippen LogP contribution in [0.2, 0.25) is 0 Å². The quantitative estimate of drug-likeness (QED) is 0.913. The van der Waals surface area contributed by atoms with Gasteiger partial charge in [0.25, 0.3) is 0 Å². The fourth-order valence-corrected chi connectivity index (χ4v) is 3.68. The van der Waals surface area contributed by atoms with Crippen LogP contribution in [0.15, 0.2) is 12.4 Å². The van der Waals surface area contributed by atoms with Gasteiger partial charge in [-0.3, -0.25) is 9.48 Å². The minimum Gasteiger partial charge on any atom is -0.308 e. The lowest BCUT2D eigenvalue weighted by atomic mass is 9.81. The van der Waals surface area contributed by atoms with Gasteiger partial charge in [-0.25, -0.2) is 0 Å².